The molecule has 2 atom stereocenters. The van der Waals surface area contributed by atoms with E-state index in [0.717, 1.165) is 0 Å². The maximum atomic E-state index is 12.6. The summed E-state index contributed by atoms with van der Waals surface area (Å²) in [5.74, 6) is 0.0751. The molecular weight excluding hydrogens is 217 g/mol. The van der Waals surface area contributed by atoms with E-state index in [1.807, 2.05) is 4.90 Å². The Bertz CT molecular complexity index is 292. The van der Waals surface area contributed by atoms with Gasteiger partial charge in [-0.3, -0.25) is 0 Å². The lowest BCUT2D eigenvalue weighted by molar-refractivity contribution is -0.0973. The van der Waals surface area contributed by atoms with E-state index in [0.29, 0.717) is 6.42 Å². The van der Waals surface area contributed by atoms with Crippen molar-refractivity contribution in [2.24, 2.45) is 10.9 Å². The molecule has 0 radical (unpaired) electrons. The van der Waals surface area contributed by atoms with Gasteiger partial charge in [0.05, 0.1) is 0 Å². The average molecular weight is 234 g/mol. The highest BCUT2D eigenvalue weighted by Gasteiger charge is 2.39. The highest BCUT2D eigenvalue weighted by molar-refractivity contribution is 5.62. The third-order valence-electron chi connectivity index (χ3n) is 2.93. The van der Waals surface area contributed by atoms with Crippen LogP contribution in [0.25, 0.3) is 0 Å². The van der Waals surface area contributed by atoms with Crippen molar-refractivity contribution in [3.05, 3.63) is 11.6 Å². The molecular formula is C11H17F3N2. The number of halogens is 3. The number of alkyl halides is 3. The van der Waals surface area contributed by atoms with Gasteiger partial charge in [-0.15, -0.1) is 0 Å². The van der Waals surface area contributed by atoms with E-state index < -0.39 is 11.7 Å². The second-order valence-corrected chi connectivity index (χ2v) is 4.27. The topological polar surface area (TPSA) is 15.6 Å². The Morgan fingerprint density at radius 2 is 2.06 bits per heavy atom. The van der Waals surface area contributed by atoms with E-state index in [1.54, 1.807) is 27.4 Å². The number of hydrogen-bond donors (Lipinski definition) is 0. The van der Waals surface area contributed by atoms with Gasteiger partial charge in [0, 0.05) is 30.8 Å². The van der Waals surface area contributed by atoms with E-state index >= 15 is 0 Å². The van der Waals surface area contributed by atoms with Gasteiger partial charge in [-0.05, 0) is 26.9 Å². The molecule has 0 amide bonds. The first-order chi connectivity index (χ1) is 7.36. The molecule has 92 valence electrons. The molecule has 5 heteroatoms. The molecule has 16 heavy (non-hydrogen) atoms. The molecule has 0 N–H and O–H groups in total. The summed E-state index contributed by atoms with van der Waals surface area (Å²) in [6.07, 6.45) is -0.689. The van der Waals surface area contributed by atoms with Gasteiger partial charge in [0.1, 0.15) is 0 Å². The molecule has 0 aliphatic heterocycles. The van der Waals surface area contributed by atoms with Crippen molar-refractivity contribution in [2.45, 2.75) is 25.1 Å². The molecule has 0 spiro atoms. The minimum atomic E-state index is -4.19. The maximum absolute atomic E-state index is 12.6. The standard InChI is InChI=1S/C11H17F3N2/c1-15-7-8-4-5-9(11(12,13)14)6-10(8)16(2)3/h5,7-8,10H,4,6H2,1-3H3/b15-7+/t8?,10-/m0/s1. The van der Waals surface area contributed by atoms with Crippen molar-refractivity contribution in [1.29, 1.82) is 0 Å². The summed E-state index contributed by atoms with van der Waals surface area (Å²) in [6.45, 7) is 0. The molecule has 2 nitrogen and oxygen atoms in total. The van der Waals surface area contributed by atoms with Crippen LogP contribution in [0.1, 0.15) is 12.8 Å². The van der Waals surface area contributed by atoms with E-state index in [1.165, 1.54) is 6.08 Å². The predicted molar refractivity (Wildman–Crippen MR) is 58.8 cm³/mol. The maximum Gasteiger partial charge on any atom is 0.412 e. The van der Waals surface area contributed by atoms with Crippen LogP contribution in [-0.4, -0.2) is 44.5 Å². The Kier molecular flexibility index (Phi) is 4.13. The summed E-state index contributed by atoms with van der Waals surface area (Å²) < 4.78 is 37.7. The second-order valence-electron chi connectivity index (χ2n) is 4.27. The van der Waals surface area contributed by atoms with Gasteiger partial charge in [-0.2, -0.15) is 13.2 Å². The van der Waals surface area contributed by atoms with E-state index in [-0.39, 0.29) is 18.4 Å². The van der Waals surface area contributed by atoms with Gasteiger partial charge in [-0.25, -0.2) is 0 Å². The van der Waals surface area contributed by atoms with Crippen molar-refractivity contribution in [2.75, 3.05) is 21.1 Å². The fourth-order valence-electron chi connectivity index (χ4n) is 2.04. The number of allylic oxidation sites excluding steroid dienone is 1. The van der Waals surface area contributed by atoms with E-state index in [4.69, 9.17) is 0 Å². The molecule has 0 aromatic heterocycles. The number of nitrogens with zero attached hydrogens (tertiary/aromatic N) is 2. The van der Waals surface area contributed by atoms with Crippen molar-refractivity contribution >= 4 is 6.21 Å². The smallest absolute Gasteiger partial charge is 0.305 e. The lowest BCUT2D eigenvalue weighted by atomic mass is 9.84. The largest absolute Gasteiger partial charge is 0.412 e. The fourth-order valence-corrected chi connectivity index (χ4v) is 2.04. The minimum absolute atomic E-state index is 0.0488. The zero-order chi connectivity index (χ0) is 12.3. The summed E-state index contributed by atoms with van der Waals surface area (Å²) in [5, 5.41) is 0. The average Bonchev–Trinajstić information content (AvgIpc) is 2.16. The quantitative estimate of drug-likeness (QED) is 0.529. The number of rotatable bonds is 2. The van der Waals surface area contributed by atoms with Crippen molar-refractivity contribution in [3.8, 4) is 0 Å². The van der Waals surface area contributed by atoms with Crippen molar-refractivity contribution < 1.29 is 13.2 Å². The Morgan fingerprint density at radius 3 is 2.50 bits per heavy atom. The highest BCUT2D eigenvalue weighted by atomic mass is 19.4. The molecule has 0 saturated carbocycles. The van der Waals surface area contributed by atoms with Crippen LogP contribution < -0.4 is 0 Å². The van der Waals surface area contributed by atoms with Crippen LogP contribution >= 0.6 is 0 Å². The third kappa shape index (κ3) is 3.07. The summed E-state index contributed by atoms with van der Waals surface area (Å²) >= 11 is 0. The monoisotopic (exact) mass is 234 g/mol. The number of hydrogen-bond acceptors (Lipinski definition) is 2. The Hall–Kier alpha value is -0.840. The molecule has 1 aliphatic carbocycles. The zero-order valence-corrected chi connectivity index (χ0v) is 9.75. The molecule has 1 unspecified atom stereocenters. The minimum Gasteiger partial charge on any atom is -0.305 e. The van der Waals surface area contributed by atoms with Crippen LogP contribution in [-0.2, 0) is 0 Å². The lowest BCUT2D eigenvalue weighted by Crippen LogP contribution is -2.40. The molecule has 0 aromatic rings. The molecule has 0 fully saturated rings. The molecule has 0 heterocycles. The molecule has 0 saturated heterocycles. The van der Waals surface area contributed by atoms with Crippen LogP contribution in [0.15, 0.2) is 16.6 Å². The van der Waals surface area contributed by atoms with Gasteiger partial charge in [-0.1, -0.05) is 6.08 Å². The summed E-state index contributed by atoms with van der Waals surface area (Å²) in [4.78, 5) is 5.76. The Labute approximate surface area is 93.8 Å². The summed E-state index contributed by atoms with van der Waals surface area (Å²) in [7, 11) is 5.26. The van der Waals surface area contributed by atoms with Gasteiger partial charge in [0.15, 0.2) is 0 Å². The predicted octanol–water partition coefficient (Wildman–Crippen LogP) is 2.52. The summed E-state index contributed by atoms with van der Waals surface area (Å²) in [6, 6.07) is -0.120. The van der Waals surface area contributed by atoms with Gasteiger partial charge in [0.25, 0.3) is 0 Å². The van der Waals surface area contributed by atoms with Crippen molar-refractivity contribution in [3.63, 3.8) is 0 Å². The van der Waals surface area contributed by atoms with Gasteiger partial charge < -0.3 is 9.89 Å². The van der Waals surface area contributed by atoms with Crippen LogP contribution in [0.3, 0.4) is 0 Å². The number of aliphatic imine (C=N–C) groups is 1. The Balaban J connectivity index is 2.86. The van der Waals surface area contributed by atoms with Gasteiger partial charge >= 0.3 is 6.18 Å². The molecule has 0 aromatic carbocycles. The zero-order valence-electron chi connectivity index (χ0n) is 9.75. The first kappa shape index (κ1) is 13.2. The van der Waals surface area contributed by atoms with Gasteiger partial charge in [0.2, 0.25) is 0 Å². The normalized spacial score (nSPS) is 27.6. The SMILES string of the molecule is C/N=C/C1CC=C(C(F)(F)F)C[C@@H]1N(C)C. The van der Waals surface area contributed by atoms with Crippen LogP contribution in [0.2, 0.25) is 0 Å². The molecule has 1 aliphatic rings. The first-order valence-corrected chi connectivity index (χ1v) is 5.21. The van der Waals surface area contributed by atoms with E-state index in [9.17, 15) is 13.2 Å². The lowest BCUT2D eigenvalue weighted by Gasteiger charge is -2.34. The highest BCUT2D eigenvalue weighted by Crippen LogP contribution is 2.36. The Morgan fingerprint density at radius 1 is 1.44 bits per heavy atom. The van der Waals surface area contributed by atoms with Crippen molar-refractivity contribution in [1.82, 2.24) is 4.90 Å². The summed E-state index contributed by atoms with van der Waals surface area (Å²) in [5.41, 5.74) is -0.410. The molecule has 1 rings (SSSR count). The first-order valence-electron chi connectivity index (χ1n) is 5.21. The second kappa shape index (κ2) is 4.99. The van der Waals surface area contributed by atoms with E-state index in [2.05, 4.69) is 4.99 Å². The fraction of sp³-hybridized carbons (Fsp3) is 0.727. The van der Waals surface area contributed by atoms with Crippen LogP contribution in [0.5, 0.6) is 0 Å². The van der Waals surface area contributed by atoms with Crippen LogP contribution in [0.4, 0.5) is 13.2 Å². The molecule has 0 bridgehead atoms. The third-order valence-corrected chi connectivity index (χ3v) is 2.93. The van der Waals surface area contributed by atoms with Crippen LogP contribution in [0, 0.1) is 5.92 Å².